The molecule has 2 aromatic rings. The minimum atomic E-state index is -0.321. The molecule has 0 aliphatic rings. The minimum Gasteiger partial charge on any atom is -0.329 e. The van der Waals surface area contributed by atoms with Crippen LogP contribution in [0.2, 0.25) is 0 Å². The van der Waals surface area contributed by atoms with Crippen LogP contribution in [0.25, 0.3) is 0 Å². The lowest BCUT2D eigenvalue weighted by molar-refractivity contribution is 0.112. The Labute approximate surface area is 98.5 Å². The van der Waals surface area contributed by atoms with Crippen LogP contribution < -0.4 is 4.90 Å². The van der Waals surface area contributed by atoms with Gasteiger partial charge >= 0.3 is 0 Å². The Morgan fingerprint density at radius 3 is 2.82 bits per heavy atom. The van der Waals surface area contributed by atoms with Crippen molar-refractivity contribution in [3.05, 3.63) is 54.0 Å². The van der Waals surface area contributed by atoms with Crippen molar-refractivity contribution in [2.75, 3.05) is 11.9 Å². The number of rotatable bonds is 3. The molecule has 0 saturated heterocycles. The summed E-state index contributed by atoms with van der Waals surface area (Å²) in [4.78, 5) is 16.7. The molecule has 0 radical (unpaired) electrons. The highest BCUT2D eigenvalue weighted by Gasteiger charge is 2.10. The molecule has 86 valence electrons. The maximum absolute atomic E-state index is 13.1. The molecule has 0 N–H and O–H groups in total. The van der Waals surface area contributed by atoms with Crippen LogP contribution >= 0.6 is 0 Å². The summed E-state index contributed by atoms with van der Waals surface area (Å²) in [6.45, 7) is 0. The third kappa shape index (κ3) is 2.30. The number of carbonyl (C=O) groups excluding carboxylic acids is 1. The predicted octanol–water partition coefficient (Wildman–Crippen LogP) is 2.80. The molecule has 0 aliphatic carbocycles. The van der Waals surface area contributed by atoms with Gasteiger partial charge in [0.05, 0.1) is 5.56 Å². The zero-order chi connectivity index (χ0) is 12.3. The lowest BCUT2D eigenvalue weighted by Crippen LogP contribution is -2.13. The summed E-state index contributed by atoms with van der Waals surface area (Å²) in [7, 11) is 1.74. The SMILES string of the molecule is CN(c1cccc(F)c1)c1ncccc1C=O. The number of pyridine rings is 1. The second-order valence-corrected chi connectivity index (χ2v) is 3.57. The molecule has 17 heavy (non-hydrogen) atoms. The van der Waals surface area contributed by atoms with Crippen LogP contribution in [0.5, 0.6) is 0 Å². The highest BCUT2D eigenvalue weighted by molar-refractivity contribution is 5.84. The van der Waals surface area contributed by atoms with Gasteiger partial charge in [-0.2, -0.15) is 0 Å². The lowest BCUT2D eigenvalue weighted by atomic mass is 10.2. The second-order valence-electron chi connectivity index (χ2n) is 3.57. The van der Waals surface area contributed by atoms with Crippen LogP contribution in [-0.2, 0) is 0 Å². The van der Waals surface area contributed by atoms with E-state index in [9.17, 15) is 9.18 Å². The summed E-state index contributed by atoms with van der Waals surface area (Å²) in [5.74, 6) is 0.186. The molecule has 0 amide bonds. The van der Waals surface area contributed by atoms with E-state index >= 15 is 0 Å². The van der Waals surface area contributed by atoms with Crippen LogP contribution in [0.1, 0.15) is 10.4 Å². The van der Waals surface area contributed by atoms with E-state index in [1.807, 2.05) is 0 Å². The van der Waals surface area contributed by atoms with Crippen molar-refractivity contribution in [2.24, 2.45) is 0 Å². The quantitative estimate of drug-likeness (QED) is 0.760. The van der Waals surface area contributed by atoms with Crippen LogP contribution in [0, 0.1) is 5.82 Å². The first-order valence-corrected chi connectivity index (χ1v) is 5.12. The van der Waals surface area contributed by atoms with E-state index in [1.165, 1.54) is 12.1 Å². The molecular weight excluding hydrogens is 219 g/mol. The van der Waals surface area contributed by atoms with Crippen LogP contribution in [0.3, 0.4) is 0 Å². The van der Waals surface area contributed by atoms with Crippen molar-refractivity contribution in [1.82, 2.24) is 4.98 Å². The number of hydrogen-bond donors (Lipinski definition) is 0. The fourth-order valence-corrected chi connectivity index (χ4v) is 1.59. The van der Waals surface area contributed by atoms with Crippen molar-refractivity contribution in [3.63, 3.8) is 0 Å². The Kier molecular flexibility index (Phi) is 3.14. The minimum absolute atomic E-state index is 0.321. The summed E-state index contributed by atoms with van der Waals surface area (Å²) in [6.07, 6.45) is 2.33. The lowest BCUT2D eigenvalue weighted by Gasteiger charge is -2.19. The Balaban J connectivity index is 2.43. The molecule has 1 aromatic heterocycles. The van der Waals surface area contributed by atoms with Crippen molar-refractivity contribution < 1.29 is 9.18 Å². The molecule has 3 nitrogen and oxygen atoms in total. The van der Waals surface area contributed by atoms with Gasteiger partial charge in [-0.3, -0.25) is 4.79 Å². The Morgan fingerprint density at radius 2 is 2.12 bits per heavy atom. The molecule has 0 unspecified atom stereocenters. The monoisotopic (exact) mass is 230 g/mol. The molecular formula is C13H11FN2O. The molecule has 0 fully saturated rings. The van der Waals surface area contributed by atoms with Gasteiger partial charge in [-0.1, -0.05) is 6.07 Å². The normalized spacial score (nSPS) is 10.0. The summed E-state index contributed by atoms with van der Waals surface area (Å²) < 4.78 is 13.1. The predicted molar refractivity (Wildman–Crippen MR) is 64.1 cm³/mol. The van der Waals surface area contributed by atoms with Gasteiger partial charge in [0.15, 0.2) is 6.29 Å². The standard InChI is InChI=1S/C13H11FN2O/c1-16(12-6-2-5-11(14)8-12)13-10(9-17)4-3-7-15-13/h2-9H,1H3. The third-order valence-electron chi connectivity index (χ3n) is 2.46. The summed E-state index contributed by atoms with van der Waals surface area (Å²) in [5, 5.41) is 0. The number of hydrogen-bond acceptors (Lipinski definition) is 3. The van der Waals surface area contributed by atoms with Gasteiger partial charge in [-0.15, -0.1) is 0 Å². The van der Waals surface area contributed by atoms with Crippen LogP contribution in [0.15, 0.2) is 42.6 Å². The van der Waals surface area contributed by atoms with E-state index in [2.05, 4.69) is 4.98 Å². The molecule has 1 heterocycles. The average molecular weight is 230 g/mol. The van der Waals surface area contributed by atoms with E-state index in [0.717, 1.165) is 6.29 Å². The smallest absolute Gasteiger partial charge is 0.153 e. The summed E-state index contributed by atoms with van der Waals surface area (Å²) >= 11 is 0. The van der Waals surface area contributed by atoms with Gasteiger partial charge in [-0.25, -0.2) is 9.37 Å². The Bertz CT molecular complexity index is 542. The largest absolute Gasteiger partial charge is 0.329 e. The van der Waals surface area contributed by atoms with E-state index in [0.29, 0.717) is 17.1 Å². The fourth-order valence-electron chi connectivity index (χ4n) is 1.59. The first kappa shape index (κ1) is 11.3. The summed E-state index contributed by atoms with van der Waals surface area (Å²) in [6, 6.07) is 9.49. The zero-order valence-electron chi connectivity index (χ0n) is 9.30. The molecule has 0 saturated carbocycles. The third-order valence-corrected chi connectivity index (χ3v) is 2.46. The van der Waals surface area contributed by atoms with Crippen molar-refractivity contribution in [2.45, 2.75) is 0 Å². The van der Waals surface area contributed by atoms with Gasteiger partial charge in [0, 0.05) is 18.9 Å². The van der Waals surface area contributed by atoms with Gasteiger partial charge in [-0.05, 0) is 30.3 Å². The first-order chi connectivity index (χ1) is 8.22. The van der Waals surface area contributed by atoms with Gasteiger partial charge < -0.3 is 4.90 Å². The van der Waals surface area contributed by atoms with E-state index in [-0.39, 0.29) is 5.82 Å². The number of carbonyl (C=O) groups is 1. The molecule has 2 rings (SSSR count). The first-order valence-electron chi connectivity index (χ1n) is 5.12. The van der Waals surface area contributed by atoms with Gasteiger partial charge in [0.1, 0.15) is 11.6 Å². The topological polar surface area (TPSA) is 33.2 Å². The highest BCUT2D eigenvalue weighted by Crippen LogP contribution is 2.24. The Hall–Kier alpha value is -2.23. The maximum atomic E-state index is 13.1. The highest BCUT2D eigenvalue weighted by atomic mass is 19.1. The number of nitrogens with zero attached hydrogens (tertiary/aromatic N) is 2. The second kappa shape index (κ2) is 4.74. The maximum Gasteiger partial charge on any atom is 0.153 e. The van der Waals surface area contributed by atoms with Gasteiger partial charge in [0.25, 0.3) is 0 Å². The van der Waals surface area contributed by atoms with E-state index < -0.39 is 0 Å². The number of benzene rings is 1. The molecule has 1 aromatic carbocycles. The molecule has 4 heteroatoms. The van der Waals surface area contributed by atoms with Crippen molar-refractivity contribution in [3.8, 4) is 0 Å². The number of aldehydes is 1. The average Bonchev–Trinajstić information content (AvgIpc) is 2.38. The fraction of sp³-hybridized carbons (Fsp3) is 0.0769. The van der Waals surface area contributed by atoms with Gasteiger partial charge in [0.2, 0.25) is 0 Å². The summed E-state index contributed by atoms with van der Waals surface area (Å²) in [5.41, 5.74) is 1.12. The number of anilines is 2. The molecule has 0 spiro atoms. The van der Waals surface area contributed by atoms with Crippen molar-refractivity contribution in [1.29, 1.82) is 0 Å². The van der Waals surface area contributed by atoms with Crippen LogP contribution in [0.4, 0.5) is 15.9 Å². The van der Waals surface area contributed by atoms with Crippen LogP contribution in [-0.4, -0.2) is 18.3 Å². The molecule has 0 atom stereocenters. The van der Waals surface area contributed by atoms with Crippen molar-refractivity contribution >= 4 is 17.8 Å². The Morgan fingerprint density at radius 1 is 1.29 bits per heavy atom. The zero-order valence-corrected chi connectivity index (χ0v) is 9.30. The van der Waals surface area contributed by atoms with E-state index in [4.69, 9.17) is 0 Å². The molecule has 0 aliphatic heterocycles. The molecule has 0 bridgehead atoms. The van der Waals surface area contributed by atoms with E-state index in [1.54, 1.807) is 42.4 Å². The number of aromatic nitrogens is 1. The number of halogens is 1.